The summed E-state index contributed by atoms with van der Waals surface area (Å²) in [5.74, 6) is 1.85. The summed E-state index contributed by atoms with van der Waals surface area (Å²) in [5, 5.41) is 3.47. The van der Waals surface area contributed by atoms with Crippen molar-refractivity contribution in [2.75, 3.05) is 20.3 Å². The van der Waals surface area contributed by atoms with E-state index in [0.717, 1.165) is 31.1 Å². The Morgan fingerprint density at radius 1 is 1.21 bits per heavy atom. The minimum atomic E-state index is 0.743. The van der Waals surface area contributed by atoms with Gasteiger partial charge in [0.05, 0.1) is 0 Å². The topological polar surface area (TPSA) is 21.3 Å². The number of nitrogens with one attached hydrogen (secondary N) is 1. The van der Waals surface area contributed by atoms with Crippen LogP contribution >= 0.6 is 0 Å². The summed E-state index contributed by atoms with van der Waals surface area (Å²) in [6.45, 7) is 1.99. The van der Waals surface area contributed by atoms with E-state index in [4.69, 9.17) is 4.74 Å². The molecule has 14 heavy (non-hydrogen) atoms. The zero-order chi connectivity index (χ0) is 9.80. The fourth-order valence-corrected chi connectivity index (χ4v) is 2.63. The Kier molecular flexibility index (Phi) is 3.82. The molecule has 0 aromatic carbocycles. The minimum Gasteiger partial charge on any atom is -0.381 e. The van der Waals surface area contributed by atoms with Crippen LogP contribution in [-0.2, 0) is 4.74 Å². The Morgan fingerprint density at radius 3 is 2.50 bits per heavy atom. The number of hydrogen-bond acceptors (Lipinski definition) is 2. The molecule has 1 aliphatic heterocycles. The van der Waals surface area contributed by atoms with E-state index in [9.17, 15) is 0 Å². The van der Waals surface area contributed by atoms with Crippen molar-refractivity contribution < 1.29 is 4.74 Å². The molecule has 0 amide bonds. The van der Waals surface area contributed by atoms with Crippen LogP contribution in [0.3, 0.4) is 0 Å². The molecule has 0 aromatic heterocycles. The predicted octanol–water partition coefficient (Wildman–Crippen LogP) is 2.19. The summed E-state index contributed by atoms with van der Waals surface area (Å²) in [4.78, 5) is 0. The lowest BCUT2D eigenvalue weighted by atomic mass is 9.79. The molecule has 1 N–H and O–H groups in total. The SMILES string of the molecule is CNC(CC1CCC1)CC1CCOC1. The third kappa shape index (κ3) is 2.71. The molecule has 2 unspecified atom stereocenters. The molecule has 1 saturated heterocycles. The van der Waals surface area contributed by atoms with Gasteiger partial charge in [0.2, 0.25) is 0 Å². The van der Waals surface area contributed by atoms with Gasteiger partial charge in [0.15, 0.2) is 0 Å². The zero-order valence-corrected chi connectivity index (χ0v) is 9.30. The van der Waals surface area contributed by atoms with Crippen LogP contribution in [0, 0.1) is 11.8 Å². The zero-order valence-electron chi connectivity index (χ0n) is 9.30. The van der Waals surface area contributed by atoms with Crippen LogP contribution in [-0.4, -0.2) is 26.3 Å². The minimum absolute atomic E-state index is 0.743. The number of ether oxygens (including phenoxy) is 1. The molecule has 2 aliphatic rings. The highest BCUT2D eigenvalue weighted by atomic mass is 16.5. The molecule has 2 atom stereocenters. The summed E-state index contributed by atoms with van der Waals surface area (Å²) in [5.41, 5.74) is 0. The monoisotopic (exact) mass is 197 g/mol. The van der Waals surface area contributed by atoms with Crippen LogP contribution in [0.25, 0.3) is 0 Å². The van der Waals surface area contributed by atoms with E-state index in [0.29, 0.717) is 0 Å². The Bertz CT molecular complexity index is 162. The lowest BCUT2D eigenvalue weighted by molar-refractivity contribution is 0.177. The first-order valence-electron chi connectivity index (χ1n) is 6.13. The molecule has 1 aliphatic carbocycles. The van der Waals surface area contributed by atoms with E-state index >= 15 is 0 Å². The first-order valence-corrected chi connectivity index (χ1v) is 6.13. The van der Waals surface area contributed by atoms with E-state index in [2.05, 4.69) is 12.4 Å². The molecular weight excluding hydrogens is 174 g/mol. The van der Waals surface area contributed by atoms with Crippen LogP contribution in [0.4, 0.5) is 0 Å². The smallest absolute Gasteiger partial charge is 0.0495 e. The van der Waals surface area contributed by atoms with Crippen LogP contribution in [0.15, 0.2) is 0 Å². The highest BCUT2D eigenvalue weighted by molar-refractivity contribution is 4.79. The fraction of sp³-hybridized carbons (Fsp3) is 1.00. The van der Waals surface area contributed by atoms with E-state index in [1.165, 1.54) is 38.5 Å². The lowest BCUT2D eigenvalue weighted by Crippen LogP contribution is -2.32. The van der Waals surface area contributed by atoms with Crippen LogP contribution in [0.1, 0.15) is 38.5 Å². The summed E-state index contributed by atoms with van der Waals surface area (Å²) in [6, 6.07) is 0.743. The molecule has 2 nitrogen and oxygen atoms in total. The van der Waals surface area contributed by atoms with Crippen molar-refractivity contribution in [3.63, 3.8) is 0 Å². The molecule has 82 valence electrons. The van der Waals surface area contributed by atoms with E-state index in [1.807, 2.05) is 0 Å². The van der Waals surface area contributed by atoms with Crippen LogP contribution in [0.5, 0.6) is 0 Å². The Labute approximate surface area is 87.4 Å². The largest absolute Gasteiger partial charge is 0.381 e. The molecule has 2 fully saturated rings. The molecule has 0 spiro atoms. The third-order valence-corrected chi connectivity index (χ3v) is 3.89. The second-order valence-corrected chi connectivity index (χ2v) is 4.98. The van der Waals surface area contributed by atoms with Crippen LogP contribution < -0.4 is 5.32 Å². The van der Waals surface area contributed by atoms with Crippen molar-refractivity contribution in [3.05, 3.63) is 0 Å². The number of hydrogen-bond donors (Lipinski definition) is 1. The molecule has 1 heterocycles. The summed E-state index contributed by atoms with van der Waals surface area (Å²) < 4.78 is 5.42. The van der Waals surface area contributed by atoms with Crippen LogP contribution in [0.2, 0.25) is 0 Å². The predicted molar refractivity (Wildman–Crippen MR) is 58.3 cm³/mol. The Hall–Kier alpha value is -0.0800. The maximum absolute atomic E-state index is 5.42. The standard InChI is InChI=1S/C12H23NO/c1-13-12(7-10-3-2-4-10)8-11-5-6-14-9-11/h10-13H,2-9H2,1H3. The molecule has 2 heteroatoms. The molecule has 0 bridgehead atoms. The van der Waals surface area contributed by atoms with Gasteiger partial charge in [0, 0.05) is 19.3 Å². The van der Waals surface area contributed by atoms with Crippen molar-refractivity contribution in [2.24, 2.45) is 11.8 Å². The quantitative estimate of drug-likeness (QED) is 0.729. The summed E-state index contributed by atoms with van der Waals surface area (Å²) in [6.07, 6.45) is 8.41. The van der Waals surface area contributed by atoms with Gasteiger partial charge in [-0.25, -0.2) is 0 Å². The average molecular weight is 197 g/mol. The molecule has 0 aromatic rings. The Balaban J connectivity index is 1.68. The summed E-state index contributed by atoms with van der Waals surface area (Å²) in [7, 11) is 2.11. The second-order valence-electron chi connectivity index (χ2n) is 4.98. The molecule has 0 radical (unpaired) electrons. The van der Waals surface area contributed by atoms with E-state index in [-0.39, 0.29) is 0 Å². The maximum atomic E-state index is 5.42. The summed E-state index contributed by atoms with van der Waals surface area (Å²) >= 11 is 0. The van der Waals surface area contributed by atoms with Gasteiger partial charge in [-0.2, -0.15) is 0 Å². The van der Waals surface area contributed by atoms with Crippen molar-refractivity contribution in [1.29, 1.82) is 0 Å². The second kappa shape index (κ2) is 5.13. The van der Waals surface area contributed by atoms with Gasteiger partial charge < -0.3 is 10.1 Å². The molecular formula is C12H23NO. The first-order chi connectivity index (χ1) is 6.88. The Morgan fingerprint density at radius 2 is 2.00 bits per heavy atom. The average Bonchev–Trinajstić information content (AvgIpc) is 2.61. The van der Waals surface area contributed by atoms with Gasteiger partial charge >= 0.3 is 0 Å². The van der Waals surface area contributed by atoms with Crippen molar-refractivity contribution in [1.82, 2.24) is 5.32 Å². The molecule has 1 saturated carbocycles. The van der Waals surface area contributed by atoms with Gasteiger partial charge in [-0.15, -0.1) is 0 Å². The van der Waals surface area contributed by atoms with Gasteiger partial charge in [-0.3, -0.25) is 0 Å². The van der Waals surface area contributed by atoms with Crippen molar-refractivity contribution in [2.45, 2.75) is 44.6 Å². The van der Waals surface area contributed by atoms with Gasteiger partial charge in [0.1, 0.15) is 0 Å². The van der Waals surface area contributed by atoms with Crippen molar-refractivity contribution in [3.8, 4) is 0 Å². The highest BCUT2D eigenvalue weighted by Gasteiger charge is 2.24. The third-order valence-electron chi connectivity index (χ3n) is 3.89. The van der Waals surface area contributed by atoms with Gasteiger partial charge in [0.25, 0.3) is 0 Å². The maximum Gasteiger partial charge on any atom is 0.0495 e. The number of rotatable bonds is 5. The van der Waals surface area contributed by atoms with E-state index in [1.54, 1.807) is 0 Å². The highest BCUT2D eigenvalue weighted by Crippen LogP contribution is 2.32. The van der Waals surface area contributed by atoms with E-state index < -0.39 is 0 Å². The normalized spacial score (nSPS) is 30.2. The van der Waals surface area contributed by atoms with Crippen molar-refractivity contribution >= 4 is 0 Å². The first kappa shape index (κ1) is 10.4. The van der Waals surface area contributed by atoms with Gasteiger partial charge in [-0.1, -0.05) is 19.3 Å². The fourth-order valence-electron chi connectivity index (χ4n) is 2.63. The molecule has 2 rings (SSSR count). The lowest BCUT2D eigenvalue weighted by Gasteiger charge is -2.30. The van der Waals surface area contributed by atoms with Gasteiger partial charge in [-0.05, 0) is 38.1 Å².